The van der Waals surface area contributed by atoms with Crippen molar-refractivity contribution in [1.82, 2.24) is 4.90 Å². The molecule has 3 nitrogen and oxygen atoms in total. The van der Waals surface area contributed by atoms with Gasteiger partial charge in [0.2, 0.25) is 5.91 Å². The number of nitrogen functional groups attached to an aromatic ring is 1. The number of hydrogen-bond donors (Lipinski definition) is 1. The molecule has 1 aromatic rings. The van der Waals surface area contributed by atoms with Crippen LogP contribution in [-0.4, -0.2) is 10.8 Å². The zero-order chi connectivity index (χ0) is 11.5. The third-order valence-corrected chi connectivity index (χ3v) is 3.05. The van der Waals surface area contributed by atoms with Crippen LogP contribution in [0.3, 0.4) is 0 Å². The monoisotopic (exact) mass is 218 g/mol. The van der Waals surface area contributed by atoms with E-state index in [9.17, 15) is 4.79 Å². The summed E-state index contributed by atoms with van der Waals surface area (Å²) < 4.78 is 0. The number of nitrogens with zero attached hydrogens (tertiary/aromatic N) is 1. The second kappa shape index (κ2) is 4.56. The third kappa shape index (κ3) is 2.18. The number of unbranched alkanes of at least 4 members (excludes halogenated alkanes) is 1. The first kappa shape index (κ1) is 11.0. The van der Waals surface area contributed by atoms with Crippen LogP contribution in [-0.2, 0) is 17.9 Å². The van der Waals surface area contributed by atoms with Crippen molar-refractivity contribution in [3.05, 3.63) is 29.3 Å². The van der Waals surface area contributed by atoms with Crippen LogP contribution in [0.5, 0.6) is 0 Å². The number of fused-ring (bicyclic) bond motifs is 1. The number of benzene rings is 1. The first-order valence-corrected chi connectivity index (χ1v) is 5.85. The molecule has 0 saturated heterocycles. The van der Waals surface area contributed by atoms with Gasteiger partial charge in [0, 0.05) is 25.2 Å². The van der Waals surface area contributed by atoms with Gasteiger partial charge in [-0.3, -0.25) is 4.79 Å². The lowest BCUT2D eigenvalue weighted by Gasteiger charge is -2.14. The standard InChI is InChI=1S/C13H18N2O/c1-2-3-4-13(16)15-8-10-5-6-12(14)7-11(10)9-15/h5-7H,2-4,8-9,14H2,1H3. The first-order valence-electron chi connectivity index (χ1n) is 5.85. The van der Waals surface area contributed by atoms with Crippen LogP contribution in [0.25, 0.3) is 0 Å². The molecule has 1 aliphatic rings. The molecular weight excluding hydrogens is 200 g/mol. The maximum atomic E-state index is 11.9. The Balaban J connectivity index is 2.02. The van der Waals surface area contributed by atoms with Crippen molar-refractivity contribution in [3.8, 4) is 0 Å². The summed E-state index contributed by atoms with van der Waals surface area (Å²) in [5, 5.41) is 0. The van der Waals surface area contributed by atoms with Gasteiger partial charge in [0.25, 0.3) is 0 Å². The molecule has 2 N–H and O–H groups in total. The smallest absolute Gasteiger partial charge is 0.223 e. The minimum atomic E-state index is 0.261. The molecule has 2 rings (SSSR count). The highest BCUT2D eigenvalue weighted by Gasteiger charge is 2.22. The molecule has 0 saturated carbocycles. The molecule has 1 amide bonds. The number of anilines is 1. The van der Waals surface area contributed by atoms with Gasteiger partial charge in [0.05, 0.1) is 0 Å². The maximum Gasteiger partial charge on any atom is 0.223 e. The number of amides is 1. The van der Waals surface area contributed by atoms with E-state index in [-0.39, 0.29) is 5.91 Å². The van der Waals surface area contributed by atoms with E-state index in [1.54, 1.807) is 0 Å². The van der Waals surface area contributed by atoms with Gasteiger partial charge in [-0.1, -0.05) is 19.4 Å². The zero-order valence-electron chi connectivity index (χ0n) is 9.70. The lowest BCUT2D eigenvalue weighted by atomic mass is 10.1. The fourth-order valence-electron chi connectivity index (χ4n) is 2.08. The summed E-state index contributed by atoms with van der Waals surface area (Å²) in [5.74, 6) is 0.261. The fraction of sp³-hybridized carbons (Fsp3) is 0.462. The van der Waals surface area contributed by atoms with Crippen LogP contribution in [0.2, 0.25) is 0 Å². The van der Waals surface area contributed by atoms with Gasteiger partial charge in [-0.25, -0.2) is 0 Å². The minimum absolute atomic E-state index is 0.261. The molecular formula is C13H18N2O. The Labute approximate surface area is 96.2 Å². The molecule has 86 valence electrons. The highest BCUT2D eigenvalue weighted by atomic mass is 16.2. The van der Waals surface area contributed by atoms with E-state index in [0.717, 1.165) is 31.6 Å². The van der Waals surface area contributed by atoms with E-state index >= 15 is 0 Å². The first-order chi connectivity index (χ1) is 7.70. The lowest BCUT2D eigenvalue weighted by molar-refractivity contribution is -0.131. The van der Waals surface area contributed by atoms with Crippen LogP contribution in [0.1, 0.15) is 37.3 Å². The summed E-state index contributed by atoms with van der Waals surface area (Å²) >= 11 is 0. The van der Waals surface area contributed by atoms with Crippen molar-refractivity contribution in [2.45, 2.75) is 39.3 Å². The molecule has 0 bridgehead atoms. The molecule has 0 aromatic heterocycles. The molecule has 3 heteroatoms. The van der Waals surface area contributed by atoms with Crippen LogP contribution in [0.4, 0.5) is 5.69 Å². The van der Waals surface area contributed by atoms with Crippen molar-refractivity contribution >= 4 is 11.6 Å². The predicted molar refractivity (Wildman–Crippen MR) is 64.6 cm³/mol. The van der Waals surface area contributed by atoms with E-state index in [1.807, 2.05) is 23.1 Å². The van der Waals surface area contributed by atoms with Crippen LogP contribution >= 0.6 is 0 Å². The van der Waals surface area contributed by atoms with Gasteiger partial charge >= 0.3 is 0 Å². The number of rotatable bonds is 3. The van der Waals surface area contributed by atoms with E-state index < -0.39 is 0 Å². The molecule has 1 aromatic carbocycles. The van der Waals surface area contributed by atoms with Gasteiger partial charge in [-0.05, 0) is 29.7 Å². The van der Waals surface area contributed by atoms with E-state index in [2.05, 4.69) is 6.92 Å². The van der Waals surface area contributed by atoms with E-state index in [0.29, 0.717) is 6.42 Å². The zero-order valence-corrected chi connectivity index (χ0v) is 9.70. The largest absolute Gasteiger partial charge is 0.399 e. The van der Waals surface area contributed by atoms with Gasteiger partial charge in [-0.2, -0.15) is 0 Å². The predicted octanol–water partition coefficient (Wildman–Crippen LogP) is 2.30. The molecule has 0 fully saturated rings. The molecule has 0 spiro atoms. The van der Waals surface area contributed by atoms with Crippen molar-refractivity contribution in [2.24, 2.45) is 0 Å². The minimum Gasteiger partial charge on any atom is -0.399 e. The van der Waals surface area contributed by atoms with Gasteiger partial charge in [0.15, 0.2) is 0 Å². The van der Waals surface area contributed by atoms with Gasteiger partial charge < -0.3 is 10.6 Å². The Morgan fingerprint density at radius 3 is 2.88 bits per heavy atom. The molecule has 0 atom stereocenters. The molecule has 1 heterocycles. The summed E-state index contributed by atoms with van der Waals surface area (Å²) in [7, 11) is 0. The Bertz CT molecular complexity index is 401. The second-order valence-corrected chi connectivity index (χ2v) is 4.38. The van der Waals surface area contributed by atoms with E-state index in [1.165, 1.54) is 11.1 Å². The molecule has 16 heavy (non-hydrogen) atoms. The Hall–Kier alpha value is -1.51. The van der Waals surface area contributed by atoms with Crippen molar-refractivity contribution in [2.75, 3.05) is 5.73 Å². The third-order valence-electron chi connectivity index (χ3n) is 3.05. The van der Waals surface area contributed by atoms with Crippen LogP contribution in [0, 0.1) is 0 Å². The normalized spacial score (nSPS) is 13.9. The lowest BCUT2D eigenvalue weighted by Crippen LogP contribution is -2.24. The van der Waals surface area contributed by atoms with Gasteiger partial charge in [0.1, 0.15) is 0 Å². The highest BCUT2D eigenvalue weighted by Crippen LogP contribution is 2.25. The summed E-state index contributed by atoms with van der Waals surface area (Å²) in [5.41, 5.74) is 8.94. The summed E-state index contributed by atoms with van der Waals surface area (Å²) in [6, 6.07) is 5.90. The number of carbonyl (C=O) groups excluding carboxylic acids is 1. The van der Waals surface area contributed by atoms with Crippen LogP contribution in [0.15, 0.2) is 18.2 Å². The fourth-order valence-corrected chi connectivity index (χ4v) is 2.08. The van der Waals surface area contributed by atoms with Crippen molar-refractivity contribution < 1.29 is 4.79 Å². The Morgan fingerprint density at radius 1 is 1.38 bits per heavy atom. The van der Waals surface area contributed by atoms with Gasteiger partial charge in [-0.15, -0.1) is 0 Å². The Kier molecular flexibility index (Phi) is 3.13. The van der Waals surface area contributed by atoms with Crippen molar-refractivity contribution in [1.29, 1.82) is 0 Å². The summed E-state index contributed by atoms with van der Waals surface area (Å²) in [6.45, 7) is 3.58. The maximum absolute atomic E-state index is 11.9. The molecule has 0 aliphatic carbocycles. The number of hydrogen-bond acceptors (Lipinski definition) is 2. The molecule has 0 radical (unpaired) electrons. The number of carbonyl (C=O) groups is 1. The van der Waals surface area contributed by atoms with Crippen LogP contribution < -0.4 is 5.73 Å². The van der Waals surface area contributed by atoms with E-state index in [4.69, 9.17) is 5.73 Å². The molecule has 1 aliphatic heterocycles. The Morgan fingerprint density at radius 2 is 2.12 bits per heavy atom. The topological polar surface area (TPSA) is 46.3 Å². The quantitative estimate of drug-likeness (QED) is 0.791. The average Bonchev–Trinajstić information content (AvgIpc) is 2.68. The SMILES string of the molecule is CCCCC(=O)N1Cc2ccc(N)cc2C1. The number of nitrogens with two attached hydrogens (primary N) is 1. The summed E-state index contributed by atoms with van der Waals surface area (Å²) in [4.78, 5) is 13.8. The average molecular weight is 218 g/mol. The molecule has 0 unspecified atom stereocenters. The summed E-state index contributed by atoms with van der Waals surface area (Å²) in [6.07, 6.45) is 2.72. The van der Waals surface area contributed by atoms with Crippen molar-refractivity contribution in [3.63, 3.8) is 0 Å². The highest BCUT2D eigenvalue weighted by molar-refractivity contribution is 5.77. The second-order valence-electron chi connectivity index (χ2n) is 4.38.